The summed E-state index contributed by atoms with van der Waals surface area (Å²) in [5.74, 6) is 0.452. The molecule has 0 aromatic carbocycles. The average Bonchev–Trinajstić information content (AvgIpc) is 2.52. The molecule has 0 unspecified atom stereocenters. The SMILES string of the molecule is Nc1nc(NNO)c2cn[nH]c2n1. The summed E-state index contributed by atoms with van der Waals surface area (Å²) >= 11 is 0. The zero-order valence-corrected chi connectivity index (χ0v) is 6.44. The molecule has 2 aromatic rings. The first-order valence-corrected chi connectivity index (χ1v) is 3.43. The van der Waals surface area contributed by atoms with E-state index < -0.39 is 0 Å². The van der Waals surface area contributed by atoms with Gasteiger partial charge in [-0.3, -0.25) is 15.7 Å². The lowest BCUT2D eigenvalue weighted by molar-refractivity contribution is 0.192. The molecule has 0 bridgehead atoms. The molecule has 0 saturated carbocycles. The Morgan fingerprint density at radius 2 is 2.31 bits per heavy atom. The highest BCUT2D eigenvalue weighted by atomic mass is 16.5. The van der Waals surface area contributed by atoms with E-state index in [1.165, 1.54) is 6.20 Å². The van der Waals surface area contributed by atoms with Crippen molar-refractivity contribution in [3.8, 4) is 0 Å². The van der Waals surface area contributed by atoms with Crippen LogP contribution in [0.5, 0.6) is 0 Å². The van der Waals surface area contributed by atoms with Gasteiger partial charge in [-0.05, 0) is 0 Å². The molecule has 13 heavy (non-hydrogen) atoms. The van der Waals surface area contributed by atoms with Crippen LogP contribution in [0.25, 0.3) is 11.0 Å². The summed E-state index contributed by atoms with van der Waals surface area (Å²) in [5.41, 5.74) is 10.0. The Balaban J connectivity index is 2.63. The van der Waals surface area contributed by atoms with Crippen LogP contribution < -0.4 is 16.7 Å². The van der Waals surface area contributed by atoms with Crippen LogP contribution in [0.1, 0.15) is 0 Å². The smallest absolute Gasteiger partial charge is 0.224 e. The molecule has 0 radical (unpaired) electrons. The van der Waals surface area contributed by atoms with Crippen molar-refractivity contribution in [3.05, 3.63) is 6.20 Å². The van der Waals surface area contributed by atoms with Crippen LogP contribution in [0.2, 0.25) is 0 Å². The van der Waals surface area contributed by atoms with Crippen LogP contribution in [0.3, 0.4) is 0 Å². The molecule has 0 spiro atoms. The van der Waals surface area contributed by atoms with E-state index in [1.807, 2.05) is 0 Å². The van der Waals surface area contributed by atoms with Crippen molar-refractivity contribution < 1.29 is 5.21 Å². The Labute approximate surface area is 72.1 Å². The molecule has 2 heterocycles. The zero-order valence-electron chi connectivity index (χ0n) is 6.44. The van der Waals surface area contributed by atoms with Gasteiger partial charge in [0.2, 0.25) is 5.95 Å². The summed E-state index contributed by atoms with van der Waals surface area (Å²) < 4.78 is 0. The van der Waals surface area contributed by atoms with Gasteiger partial charge in [-0.15, -0.1) is 5.59 Å². The molecule has 0 amide bonds. The molecule has 2 aromatic heterocycles. The van der Waals surface area contributed by atoms with Crippen LogP contribution in [0.15, 0.2) is 6.20 Å². The molecule has 8 nitrogen and oxygen atoms in total. The van der Waals surface area contributed by atoms with Crippen LogP contribution in [-0.4, -0.2) is 25.4 Å². The van der Waals surface area contributed by atoms with Gasteiger partial charge in [-0.2, -0.15) is 15.1 Å². The standard InChI is InChI=1S/C5H7N7O/c6-5-8-3-2(1-7-10-3)4(9-5)11-12-13/h1,12-13H,(H4,6,7,8,9,10,11). The molecule has 0 atom stereocenters. The van der Waals surface area contributed by atoms with Gasteiger partial charge in [-0.25, -0.2) is 0 Å². The maximum atomic E-state index is 8.41. The molecule has 0 aliphatic heterocycles. The fraction of sp³-hybridized carbons (Fsp3) is 0. The maximum Gasteiger partial charge on any atom is 0.224 e. The second kappa shape index (κ2) is 2.84. The number of aromatic nitrogens is 4. The molecular weight excluding hydrogens is 174 g/mol. The van der Waals surface area contributed by atoms with E-state index >= 15 is 0 Å². The van der Waals surface area contributed by atoms with E-state index in [-0.39, 0.29) is 5.95 Å². The lowest BCUT2D eigenvalue weighted by atomic mass is 10.4. The number of nitrogen functional groups attached to an aromatic ring is 1. The number of aromatic amines is 1. The van der Waals surface area contributed by atoms with Gasteiger partial charge < -0.3 is 5.73 Å². The predicted molar refractivity (Wildman–Crippen MR) is 44.6 cm³/mol. The second-order valence-corrected chi connectivity index (χ2v) is 2.30. The van der Waals surface area contributed by atoms with Crippen LogP contribution in [-0.2, 0) is 0 Å². The predicted octanol–water partition coefficient (Wildman–Crippen LogP) is -0.759. The topological polar surface area (TPSA) is 125 Å². The number of hydrogen-bond donors (Lipinski definition) is 5. The fourth-order valence-corrected chi connectivity index (χ4v) is 1.00. The van der Waals surface area contributed by atoms with E-state index in [4.69, 9.17) is 10.9 Å². The van der Waals surface area contributed by atoms with Crippen LogP contribution >= 0.6 is 0 Å². The molecule has 68 valence electrons. The van der Waals surface area contributed by atoms with Gasteiger partial charge in [0, 0.05) is 0 Å². The summed E-state index contributed by atoms with van der Waals surface area (Å²) in [6, 6.07) is 0. The highest BCUT2D eigenvalue weighted by molar-refractivity contribution is 5.86. The maximum absolute atomic E-state index is 8.41. The quantitative estimate of drug-likeness (QED) is 0.385. The Morgan fingerprint density at radius 1 is 1.46 bits per heavy atom. The lowest BCUT2D eigenvalue weighted by Gasteiger charge is -2.02. The van der Waals surface area contributed by atoms with E-state index in [9.17, 15) is 0 Å². The van der Waals surface area contributed by atoms with Gasteiger partial charge in [0.15, 0.2) is 11.5 Å². The van der Waals surface area contributed by atoms with E-state index in [0.29, 0.717) is 16.9 Å². The Bertz CT molecular complexity index is 424. The van der Waals surface area contributed by atoms with Gasteiger partial charge in [-0.1, -0.05) is 0 Å². The van der Waals surface area contributed by atoms with E-state index in [1.54, 1.807) is 5.59 Å². The summed E-state index contributed by atoms with van der Waals surface area (Å²) in [7, 11) is 0. The summed E-state index contributed by atoms with van der Waals surface area (Å²) in [4.78, 5) is 7.71. The van der Waals surface area contributed by atoms with Gasteiger partial charge in [0.1, 0.15) is 0 Å². The number of nitrogens with two attached hydrogens (primary N) is 1. The summed E-state index contributed by atoms with van der Waals surface area (Å²) in [6.45, 7) is 0. The zero-order chi connectivity index (χ0) is 9.26. The first-order valence-electron chi connectivity index (χ1n) is 3.43. The molecule has 8 heteroatoms. The summed E-state index contributed by atoms with van der Waals surface area (Å²) in [6.07, 6.45) is 1.52. The Morgan fingerprint density at radius 3 is 3.08 bits per heavy atom. The first-order chi connectivity index (χ1) is 6.31. The number of fused-ring (bicyclic) bond motifs is 1. The molecule has 6 N–H and O–H groups in total. The summed E-state index contributed by atoms with van der Waals surface area (Å²) in [5, 5.41) is 15.4. The molecular formula is C5H7N7O. The number of nitrogens with zero attached hydrogens (tertiary/aromatic N) is 3. The minimum Gasteiger partial charge on any atom is -0.368 e. The van der Waals surface area contributed by atoms with Crippen molar-refractivity contribution in [2.45, 2.75) is 0 Å². The van der Waals surface area contributed by atoms with Crippen molar-refractivity contribution in [2.75, 3.05) is 11.2 Å². The molecule has 0 saturated heterocycles. The third-order valence-corrected chi connectivity index (χ3v) is 1.50. The van der Waals surface area contributed by atoms with Gasteiger partial charge >= 0.3 is 0 Å². The highest BCUT2D eigenvalue weighted by Crippen LogP contribution is 2.17. The number of anilines is 2. The van der Waals surface area contributed by atoms with E-state index in [2.05, 4.69) is 25.6 Å². The molecule has 0 fully saturated rings. The third kappa shape index (κ3) is 1.23. The number of hydrogen-bond acceptors (Lipinski definition) is 7. The van der Waals surface area contributed by atoms with Crippen molar-refractivity contribution >= 4 is 22.8 Å². The molecule has 2 rings (SSSR count). The normalized spacial score (nSPS) is 10.5. The number of hydrazine groups is 1. The highest BCUT2D eigenvalue weighted by Gasteiger charge is 2.06. The Hall–Kier alpha value is -1.93. The van der Waals surface area contributed by atoms with Crippen molar-refractivity contribution in [1.82, 2.24) is 25.8 Å². The minimum absolute atomic E-state index is 0.0921. The Kier molecular flexibility index (Phi) is 1.69. The number of H-pyrrole nitrogens is 1. The molecule has 0 aliphatic rings. The number of rotatable bonds is 2. The lowest BCUT2D eigenvalue weighted by Crippen LogP contribution is -2.17. The van der Waals surface area contributed by atoms with Crippen molar-refractivity contribution in [1.29, 1.82) is 0 Å². The van der Waals surface area contributed by atoms with Crippen LogP contribution in [0, 0.1) is 0 Å². The first kappa shape index (κ1) is 7.71. The fourth-order valence-electron chi connectivity index (χ4n) is 1.00. The second-order valence-electron chi connectivity index (χ2n) is 2.30. The van der Waals surface area contributed by atoms with Gasteiger partial charge in [0.25, 0.3) is 0 Å². The average molecular weight is 181 g/mol. The van der Waals surface area contributed by atoms with Gasteiger partial charge in [0.05, 0.1) is 11.6 Å². The third-order valence-electron chi connectivity index (χ3n) is 1.50. The molecule has 0 aliphatic carbocycles. The number of nitrogens with one attached hydrogen (secondary N) is 3. The van der Waals surface area contributed by atoms with Crippen molar-refractivity contribution in [3.63, 3.8) is 0 Å². The van der Waals surface area contributed by atoms with Crippen molar-refractivity contribution in [2.24, 2.45) is 0 Å². The van der Waals surface area contributed by atoms with E-state index in [0.717, 1.165) is 0 Å². The largest absolute Gasteiger partial charge is 0.368 e. The monoisotopic (exact) mass is 181 g/mol. The van der Waals surface area contributed by atoms with Crippen LogP contribution in [0.4, 0.5) is 11.8 Å². The minimum atomic E-state index is 0.0921.